The van der Waals surface area contributed by atoms with Crippen molar-refractivity contribution in [1.29, 1.82) is 0 Å². The molecule has 1 aliphatic rings. The molecule has 5 rings (SSSR count). The Morgan fingerprint density at radius 1 is 0.818 bits per heavy atom. The number of ether oxygens (including phenoxy) is 1. The maximum atomic E-state index is 13.3. The van der Waals surface area contributed by atoms with Crippen molar-refractivity contribution in [3.05, 3.63) is 119 Å². The van der Waals surface area contributed by atoms with Crippen LogP contribution in [-0.2, 0) is 17.9 Å². The van der Waals surface area contributed by atoms with E-state index in [-0.39, 0.29) is 5.91 Å². The number of hydrogen-bond acceptors (Lipinski definition) is 4. The van der Waals surface area contributed by atoms with Gasteiger partial charge in [-0.1, -0.05) is 115 Å². The molecule has 1 amide bonds. The molecule has 0 radical (unpaired) electrons. The number of fused-ring (bicyclic) bond motifs is 1. The van der Waals surface area contributed by atoms with Crippen molar-refractivity contribution >= 4 is 51.1 Å². The summed E-state index contributed by atoms with van der Waals surface area (Å²) in [7, 11) is 0. The number of thioether (sulfide) groups is 1. The number of amides is 1. The first-order valence-corrected chi connectivity index (χ1v) is 11.9. The summed E-state index contributed by atoms with van der Waals surface area (Å²) in [6.07, 6.45) is 1.92. The summed E-state index contributed by atoms with van der Waals surface area (Å²) < 4.78 is 6.79. The SMILES string of the molecule is O=C1/C(=C/c2c(OCc3ccccc3)ccc3ccccc23)SC(=S)N1Cc1ccccc1. The molecule has 1 fully saturated rings. The summed E-state index contributed by atoms with van der Waals surface area (Å²) in [4.78, 5) is 15.5. The van der Waals surface area contributed by atoms with E-state index in [2.05, 4.69) is 12.1 Å². The maximum absolute atomic E-state index is 13.3. The van der Waals surface area contributed by atoms with Crippen molar-refractivity contribution in [1.82, 2.24) is 4.90 Å². The fourth-order valence-corrected chi connectivity index (χ4v) is 5.06. The molecular weight excluding hydrogens is 446 g/mol. The van der Waals surface area contributed by atoms with E-state index < -0.39 is 0 Å². The predicted octanol–water partition coefficient (Wildman–Crippen LogP) is 6.82. The first kappa shape index (κ1) is 21.4. The average Bonchev–Trinajstić information content (AvgIpc) is 3.12. The second-order valence-corrected chi connectivity index (χ2v) is 9.40. The predicted molar refractivity (Wildman–Crippen MR) is 140 cm³/mol. The van der Waals surface area contributed by atoms with Crippen LogP contribution in [0.5, 0.6) is 5.75 Å². The van der Waals surface area contributed by atoms with E-state index in [9.17, 15) is 4.79 Å². The highest BCUT2D eigenvalue weighted by atomic mass is 32.2. The first-order chi connectivity index (χ1) is 16.2. The van der Waals surface area contributed by atoms with Crippen molar-refractivity contribution in [3.63, 3.8) is 0 Å². The molecule has 1 aliphatic heterocycles. The molecule has 5 heteroatoms. The van der Waals surface area contributed by atoms with E-state index >= 15 is 0 Å². The molecule has 33 heavy (non-hydrogen) atoms. The van der Waals surface area contributed by atoms with Gasteiger partial charge in [-0.15, -0.1) is 0 Å². The lowest BCUT2D eigenvalue weighted by molar-refractivity contribution is -0.122. The third kappa shape index (κ3) is 4.70. The average molecular weight is 468 g/mol. The Kier molecular flexibility index (Phi) is 6.24. The molecule has 0 saturated carbocycles. The van der Waals surface area contributed by atoms with Crippen molar-refractivity contribution in [2.45, 2.75) is 13.2 Å². The van der Waals surface area contributed by atoms with Crippen LogP contribution in [0.2, 0.25) is 0 Å². The summed E-state index contributed by atoms with van der Waals surface area (Å²) in [6.45, 7) is 0.921. The molecule has 0 aromatic heterocycles. The molecule has 162 valence electrons. The van der Waals surface area contributed by atoms with E-state index in [1.54, 1.807) is 4.90 Å². The van der Waals surface area contributed by atoms with Gasteiger partial charge in [0.2, 0.25) is 0 Å². The molecule has 4 aromatic rings. The molecule has 0 unspecified atom stereocenters. The standard InChI is InChI=1S/C28H21NO2S2/c30-27-26(33-28(32)29(27)18-20-9-3-1-4-10-20)17-24-23-14-8-7-13-22(23)15-16-25(24)31-19-21-11-5-2-6-12-21/h1-17H,18-19H2/b26-17-. The van der Waals surface area contributed by atoms with Crippen LogP contribution in [0, 0.1) is 0 Å². The Bertz CT molecular complexity index is 1350. The van der Waals surface area contributed by atoms with Gasteiger partial charge < -0.3 is 4.74 Å². The number of rotatable bonds is 6. The van der Waals surface area contributed by atoms with Crippen molar-refractivity contribution in [3.8, 4) is 5.75 Å². The number of hydrogen-bond donors (Lipinski definition) is 0. The molecular formula is C28H21NO2S2. The smallest absolute Gasteiger partial charge is 0.266 e. The van der Waals surface area contributed by atoms with Crippen LogP contribution in [0.25, 0.3) is 16.8 Å². The highest BCUT2D eigenvalue weighted by Gasteiger charge is 2.32. The third-order valence-electron chi connectivity index (χ3n) is 5.50. The zero-order valence-electron chi connectivity index (χ0n) is 17.8. The zero-order chi connectivity index (χ0) is 22.6. The minimum absolute atomic E-state index is 0.0733. The highest BCUT2D eigenvalue weighted by molar-refractivity contribution is 8.26. The summed E-state index contributed by atoms with van der Waals surface area (Å²) in [6, 6.07) is 32.1. The van der Waals surface area contributed by atoms with Crippen LogP contribution >= 0.6 is 24.0 Å². The lowest BCUT2D eigenvalue weighted by atomic mass is 10.0. The van der Waals surface area contributed by atoms with E-state index in [4.69, 9.17) is 17.0 Å². The van der Waals surface area contributed by atoms with Crippen LogP contribution in [0.15, 0.2) is 102 Å². The number of nitrogens with zero attached hydrogens (tertiary/aromatic N) is 1. The van der Waals surface area contributed by atoms with Gasteiger partial charge in [0.15, 0.2) is 0 Å². The summed E-state index contributed by atoms with van der Waals surface area (Å²) in [5.41, 5.74) is 3.03. The molecule has 4 aromatic carbocycles. The highest BCUT2D eigenvalue weighted by Crippen LogP contribution is 2.37. The van der Waals surface area contributed by atoms with Crippen LogP contribution in [-0.4, -0.2) is 15.1 Å². The van der Waals surface area contributed by atoms with Crippen molar-refractivity contribution in [2.75, 3.05) is 0 Å². The molecule has 0 N–H and O–H groups in total. The Morgan fingerprint density at radius 3 is 2.24 bits per heavy atom. The van der Waals surface area contributed by atoms with Gasteiger partial charge in [-0.05, 0) is 34.0 Å². The number of thiocarbonyl (C=S) groups is 1. The lowest BCUT2D eigenvalue weighted by Gasteiger charge is -2.14. The van der Waals surface area contributed by atoms with E-state index in [0.717, 1.165) is 33.2 Å². The molecule has 1 saturated heterocycles. The Hall–Kier alpha value is -3.41. The van der Waals surface area contributed by atoms with Gasteiger partial charge in [0.1, 0.15) is 16.7 Å². The van der Waals surface area contributed by atoms with Gasteiger partial charge in [0.25, 0.3) is 5.91 Å². The molecule has 0 spiro atoms. The monoisotopic (exact) mass is 467 g/mol. The van der Waals surface area contributed by atoms with Gasteiger partial charge in [-0.3, -0.25) is 9.69 Å². The lowest BCUT2D eigenvalue weighted by Crippen LogP contribution is -2.27. The Labute approximate surface area is 202 Å². The third-order valence-corrected chi connectivity index (χ3v) is 6.88. The fourth-order valence-electron chi connectivity index (χ4n) is 3.82. The summed E-state index contributed by atoms with van der Waals surface area (Å²) >= 11 is 6.89. The van der Waals surface area contributed by atoms with Gasteiger partial charge in [0, 0.05) is 5.56 Å². The largest absolute Gasteiger partial charge is 0.488 e. The second kappa shape index (κ2) is 9.61. The van der Waals surface area contributed by atoms with Crippen LogP contribution in [0.1, 0.15) is 16.7 Å². The number of benzene rings is 4. The Balaban J connectivity index is 1.49. The number of carbonyl (C=O) groups is 1. The molecule has 3 nitrogen and oxygen atoms in total. The maximum Gasteiger partial charge on any atom is 0.266 e. The van der Waals surface area contributed by atoms with E-state index in [1.807, 2.05) is 91.0 Å². The fraction of sp³-hybridized carbons (Fsp3) is 0.0714. The minimum atomic E-state index is -0.0733. The Morgan fingerprint density at radius 2 is 1.48 bits per heavy atom. The first-order valence-electron chi connectivity index (χ1n) is 10.7. The van der Waals surface area contributed by atoms with E-state index in [1.165, 1.54) is 11.8 Å². The molecule has 0 bridgehead atoms. The molecule has 1 heterocycles. The molecule has 0 aliphatic carbocycles. The van der Waals surface area contributed by atoms with Crippen molar-refractivity contribution in [2.24, 2.45) is 0 Å². The summed E-state index contributed by atoms with van der Waals surface area (Å²) in [5.74, 6) is 0.668. The van der Waals surface area contributed by atoms with E-state index in [0.29, 0.717) is 22.4 Å². The quantitative estimate of drug-likeness (QED) is 0.230. The topological polar surface area (TPSA) is 29.5 Å². The minimum Gasteiger partial charge on any atom is -0.488 e. The van der Waals surface area contributed by atoms with Crippen LogP contribution < -0.4 is 4.74 Å². The van der Waals surface area contributed by atoms with Gasteiger partial charge in [-0.2, -0.15) is 0 Å². The zero-order valence-corrected chi connectivity index (χ0v) is 19.4. The normalized spacial score (nSPS) is 14.9. The molecule has 0 atom stereocenters. The summed E-state index contributed by atoms with van der Waals surface area (Å²) in [5, 5.41) is 2.13. The van der Waals surface area contributed by atoms with Gasteiger partial charge in [0.05, 0.1) is 11.4 Å². The second-order valence-electron chi connectivity index (χ2n) is 7.73. The van der Waals surface area contributed by atoms with Crippen molar-refractivity contribution < 1.29 is 9.53 Å². The van der Waals surface area contributed by atoms with Gasteiger partial charge >= 0.3 is 0 Å². The van der Waals surface area contributed by atoms with Crippen LogP contribution in [0.4, 0.5) is 0 Å². The van der Waals surface area contributed by atoms with Gasteiger partial charge in [-0.25, -0.2) is 0 Å². The van der Waals surface area contributed by atoms with Crippen LogP contribution in [0.3, 0.4) is 0 Å². The number of carbonyl (C=O) groups excluding carboxylic acids is 1.